The number of fused-ring (bicyclic) bond motifs is 1. The highest BCUT2D eigenvalue weighted by Gasteiger charge is 2.34. The van der Waals surface area contributed by atoms with Crippen LogP contribution in [0.5, 0.6) is 11.5 Å². The number of urea groups is 1. The second-order valence-corrected chi connectivity index (χ2v) is 9.14. The second-order valence-electron chi connectivity index (χ2n) is 9.14. The quantitative estimate of drug-likeness (QED) is 0.513. The average Bonchev–Trinajstić information content (AvgIpc) is 2.89. The number of benzene rings is 3. The molecule has 0 bridgehead atoms. The zero-order chi connectivity index (χ0) is 25.8. The van der Waals surface area contributed by atoms with Crippen LogP contribution in [0.15, 0.2) is 60.7 Å². The summed E-state index contributed by atoms with van der Waals surface area (Å²) in [6.07, 6.45) is 0.662. The molecule has 0 unspecified atom stereocenters. The Labute approximate surface area is 212 Å². The van der Waals surface area contributed by atoms with Crippen LogP contribution in [0.2, 0.25) is 0 Å². The lowest BCUT2D eigenvalue weighted by molar-refractivity contribution is -0.117. The van der Waals surface area contributed by atoms with E-state index in [1.807, 2.05) is 74.5 Å². The van der Waals surface area contributed by atoms with Gasteiger partial charge < -0.3 is 25.0 Å². The van der Waals surface area contributed by atoms with E-state index in [0.717, 1.165) is 33.5 Å². The lowest BCUT2D eigenvalue weighted by Crippen LogP contribution is -2.51. The molecule has 1 aliphatic heterocycles. The first-order valence-corrected chi connectivity index (χ1v) is 12.1. The molecule has 0 saturated carbocycles. The van der Waals surface area contributed by atoms with E-state index in [-0.39, 0.29) is 18.0 Å². The van der Waals surface area contributed by atoms with Gasteiger partial charge >= 0.3 is 6.03 Å². The Hall–Kier alpha value is -4.00. The fourth-order valence-corrected chi connectivity index (χ4v) is 4.60. The average molecular weight is 488 g/mol. The minimum Gasteiger partial charge on any atom is -0.493 e. The summed E-state index contributed by atoms with van der Waals surface area (Å²) in [5.74, 6) is 1.01. The lowest BCUT2D eigenvalue weighted by atomic mass is 9.88. The fraction of sp³-hybridized carbons (Fsp3) is 0.310. The third-order valence-electron chi connectivity index (χ3n) is 6.63. The van der Waals surface area contributed by atoms with Crippen molar-refractivity contribution in [2.24, 2.45) is 0 Å². The molecule has 0 radical (unpaired) electrons. The Bertz CT molecular complexity index is 1260. The van der Waals surface area contributed by atoms with Crippen LogP contribution >= 0.6 is 0 Å². The summed E-state index contributed by atoms with van der Waals surface area (Å²) in [7, 11) is 3.22. The third-order valence-corrected chi connectivity index (χ3v) is 6.63. The van der Waals surface area contributed by atoms with Crippen molar-refractivity contribution < 1.29 is 19.1 Å². The van der Waals surface area contributed by atoms with Crippen LogP contribution in [0, 0.1) is 13.8 Å². The number of nitrogens with one attached hydrogen (secondary N) is 2. The van der Waals surface area contributed by atoms with E-state index in [1.165, 1.54) is 0 Å². The van der Waals surface area contributed by atoms with Crippen molar-refractivity contribution in [2.75, 3.05) is 26.1 Å². The van der Waals surface area contributed by atoms with Crippen LogP contribution in [-0.4, -0.2) is 43.6 Å². The number of methoxy groups -OCH3 is 2. The Balaban J connectivity index is 1.59. The molecule has 7 nitrogen and oxygen atoms in total. The standard InChI is InChI=1S/C29H33N3O4/c1-18-11-12-19(2)24(15-18)31-28(33)20(3)30-29(34)32-14-13-22-16-25(35-4)26(36-5)17-23(22)27(32)21-9-7-6-8-10-21/h6-12,15-17,20,27H,13-14H2,1-5H3,(H,30,34)(H,31,33)/t20-,27-/m0/s1. The first kappa shape index (κ1) is 25.1. The molecular formula is C29H33N3O4. The summed E-state index contributed by atoms with van der Waals surface area (Å²) >= 11 is 0. The molecule has 0 aromatic heterocycles. The van der Waals surface area contributed by atoms with Crippen molar-refractivity contribution >= 4 is 17.6 Å². The molecule has 0 aliphatic carbocycles. The van der Waals surface area contributed by atoms with Crippen molar-refractivity contribution in [1.82, 2.24) is 10.2 Å². The Morgan fingerprint density at radius 1 is 0.972 bits per heavy atom. The van der Waals surface area contributed by atoms with Gasteiger partial charge in [-0.1, -0.05) is 42.5 Å². The first-order chi connectivity index (χ1) is 17.3. The van der Waals surface area contributed by atoms with Crippen molar-refractivity contribution in [2.45, 2.75) is 39.3 Å². The number of nitrogens with zero attached hydrogens (tertiary/aromatic N) is 1. The maximum atomic E-state index is 13.5. The largest absolute Gasteiger partial charge is 0.493 e. The van der Waals surface area contributed by atoms with Gasteiger partial charge in [0.15, 0.2) is 11.5 Å². The van der Waals surface area contributed by atoms with Gasteiger partial charge in [0, 0.05) is 12.2 Å². The minimum atomic E-state index is -0.722. The zero-order valence-electron chi connectivity index (χ0n) is 21.4. The third kappa shape index (κ3) is 5.15. The molecule has 36 heavy (non-hydrogen) atoms. The summed E-state index contributed by atoms with van der Waals surface area (Å²) in [4.78, 5) is 28.2. The Kier molecular flexibility index (Phi) is 7.48. The fourth-order valence-electron chi connectivity index (χ4n) is 4.60. The summed E-state index contributed by atoms with van der Waals surface area (Å²) in [5.41, 5.74) is 5.83. The highest BCUT2D eigenvalue weighted by atomic mass is 16.5. The van der Waals surface area contributed by atoms with Gasteiger partial charge in [-0.15, -0.1) is 0 Å². The van der Waals surface area contributed by atoms with E-state index in [1.54, 1.807) is 26.0 Å². The van der Waals surface area contributed by atoms with E-state index in [0.29, 0.717) is 24.5 Å². The molecule has 7 heteroatoms. The van der Waals surface area contributed by atoms with Gasteiger partial charge in [0.1, 0.15) is 6.04 Å². The molecule has 2 N–H and O–H groups in total. The van der Waals surface area contributed by atoms with E-state index in [9.17, 15) is 9.59 Å². The van der Waals surface area contributed by atoms with Crippen LogP contribution < -0.4 is 20.1 Å². The van der Waals surface area contributed by atoms with Crippen LogP contribution in [0.4, 0.5) is 10.5 Å². The number of carbonyl (C=O) groups excluding carboxylic acids is 2. The summed E-state index contributed by atoms with van der Waals surface area (Å²) in [5, 5.41) is 5.85. The lowest BCUT2D eigenvalue weighted by Gasteiger charge is -2.38. The van der Waals surface area contributed by atoms with Crippen LogP contribution in [0.1, 0.15) is 40.8 Å². The smallest absolute Gasteiger partial charge is 0.318 e. The summed E-state index contributed by atoms with van der Waals surface area (Å²) in [6, 6.07) is 18.4. The highest BCUT2D eigenvalue weighted by Crippen LogP contribution is 2.41. The molecule has 2 atom stereocenters. The second kappa shape index (κ2) is 10.7. The van der Waals surface area contributed by atoms with Gasteiger partial charge in [-0.3, -0.25) is 4.79 Å². The number of aryl methyl sites for hydroxylation is 2. The molecule has 0 fully saturated rings. The number of amides is 3. The predicted molar refractivity (Wildman–Crippen MR) is 141 cm³/mol. The molecule has 1 heterocycles. The predicted octanol–water partition coefficient (Wildman–Crippen LogP) is 5.00. The highest BCUT2D eigenvalue weighted by molar-refractivity contribution is 5.97. The number of anilines is 1. The van der Waals surface area contributed by atoms with Gasteiger partial charge in [-0.2, -0.15) is 0 Å². The molecule has 4 rings (SSSR count). The SMILES string of the molecule is COc1cc2c(cc1OC)[C@H](c1ccccc1)N(C(=O)N[C@@H](C)C(=O)Nc1cc(C)ccc1C)CC2. The summed E-state index contributed by atoms with van der Waals surface area (Å²) < 4.78 is 11.1. The molecule has 0 spiro atoms. The zero-order valence-corrected chi connectivity index (χ0v) is 21.4. The van der Waals surface area contributed by atoms with E-state index < -0.39 is 6.04 Å². The van der Waals surface area contributed by atoms with Crippen molar-refractivity contribution in [3.8, 4) is 11.5 Å². The minimum absolute atomic E-state index is 0.267. The van der Waals surface area contributed by atoms with Crippen molar-refractivity contribution in [3.05, 3.63) is 88.5 Å². The van der Waals surface area contributed by atoms with Crippen LogP contribution in [-0.2, 0) is 11.2 Å². The molecule has 3 aromatic carbocycles. The van der Waals surface area contributed by atoms with Gasteiger partial charge in [-0.25, -0.2) is 4.79 Å². The molecule has 1 aliphatic rings. The first-order valence-electron chi connectivity index (χ1n) is 12.1. The Morgan fingerprint density at radius 3 is 2.36 bits per heavy atom. The number of hydrogen-bond acceptors (Lipinski definition) is 4. The molecule has 3 aromatic rings. The van der Waals surface area contributed by atoms with Crippen molar-refractivity contribution in [1.29, 1.82) is 0 Å². The monoisotopic (exact) mass is 487 g/mol. The van der Waals surface area contributed by atoms with Gasteiger partial charge in [0.2, 0.25) is 5.91 Å². The molecule has 0 saturated heterocycles. The maximum Gasteiger partial charge on any atom is 0.318 e. The van der Waals surface area contributed by atoms with Crippen LogP contribution in [0.3, 0.4) is 0 Å². The number of carbonyl (C=O) groups is 2. The summed E-state index contributed by atoms with van der Waals surface area (Å²) in [6.45, 7) is 6.11. The van der Waals surface area contributed by atoms with E-state index in [4.69, 9.17) is 9.47 Å². The normalized spacial score (nSPS) is 15.5. The number of ether oxygens (including phenoxy) is 2. The van der Waals surface area contributed by atoms with Gasteiger partial charge in [0.25, 0.3) is 0 Å². The topological polar surface area (TPSA) is 79.9 Å². The molecule has 188 valence electrons. The number of rotatable bonds is 6. The van der Waals surface area contributed by atoms with Crippen molar-refractivity contribution in [3.63, 3.8) is 0 Å². The maximum absolute atomic E-state index is 13.5. The molecular weight excluding hydrogens is 454 g/mol. The molecule has 3 amide bonds. The number of hydrogen-bond donors (Lipinski definition) is 2. The van der Waals surface area contributed by atoms with E-state index >= 15 is 0 Å². The van der Waals surface area contributed by atoms with E-state index in [2.05, 4.69) is 10.6 Å². The van der Waals surface area contributed by atoms with Gasteiger partial charge in [0.05, 0.1) is 20.3 Å². The van der Waals surface area contributed by atoms with Crippen LogP contribution in [0.25, 0.3) is 0 Å². The van der Waals surface area contributed by atoms with Gasteiger partial charge in [-0.05, 0) is 73.2 Å². The Morgan fingerprint density at radius 2 is 1.67 bits per heavy atom.